The van der Waals surface area contributed by atoms with Crippen molar-refractivity contribution >= 4 is 11.9 Å². The zero-order valence-corrected chi connectivity index (χ0v) is 13.4. The van der Waals surface area contributed by atoms with Gasteiger partial charge in [-0.15, -0.1) is 0 Å². The molecule has 0 spiro atoms. The van der Waals surface area contributed by atoms with Gasteiger partial charge in [0.15, 0.2) is 5.41 Å². The van der Waals surface area contributed by atoms with E-state index in [-0.39, 0.29) is 18.4 Å². The summed E-state index contributed by atoms with van der Waals surface area (Å²) >= 11 is 0. The molecule has 1 saturated heterocycles. The number of esters is 2. The van der Waals surface area contributed by atoms with Crippen LogP contribution in [0.3, 0.4) is 0 Å². The van der Waals surface area contributed by atoms with Gasteiger partial charge in [0, 0.05) is 6.42 Å². The van der Waals surface area contributed by atoms with Crippen LogP contribution in [0, 0.1) is 11.3 Å². The van der Waals surface area contributed by atoms with Crippen molar-refractivity contribution in [2.24, 2.45) is 11.3 Å². The summed E-state index contributed by atoms with van der Waals surface area (Å²) in [5.41, 5.74) is -0.485. The van der Waals surface area contributed by atoms with Crippen LogP contribution in [-0.4, -0.2) is 32.3 Å². The van der Waals surface area contributed by atoms with Gasteiger partial charge in [0.05, 0.1) is 26.4 Å². The molecule has 2 rings (SSSR count). The number of methoxy groups -OCH3 is 2. The lowest BCUT2D eigenvalue weighted by Gasteiger charge is -2.30. The summed E-state index contributed by atoms with van der Waals surface area (Å²) < 4.78 is 15.9. The van der Waals surface area contributed by atoms with Crippen LogP contribution < -0.4 is 0 Å². The zero-order chi connectivity index (χ0) is 16.3. The van der Waals surface area contributed by atoms with Gasteiger partial charge in [-0.25, -0.2) is 0 Å². The molecule has 2 atom stereocenters. The molecule has 5 nitrogen and oxygen atoms in total. The van der Waals surface area contributed by atoms with Gasteiger partial charge >= 0.3 is 11.9 Å². The Morgan fingerprint density at radius 3 is 2.14 bits per heavy atom. The summed E-state index contributed by atoms with van der Waals surface area (Å²) in [6.07, 6.45) is -0.705. The van der Waals surface area contributed by atoms with Gasteiger partial charge in [-0.05, 0) is 11.5 Å². The maximum atomic E-state index is 12.4. The lowest BCUT2D eigenvalue weighted by atomic mass is 9.75. The maximum absolute atomic E-state index is 12.4. The number of carbonyl (C=O) groups excluding carboxylic acids is 2. The van der Waals surface area contributed by atoms with E-state index < -0.39 is 23.5 Å². The smallest absolute Gasteiger partial charge is 0.326 e. The van der Waals surface area contributed by atoms with Gasteiger partial charge in [0.1, 0.15) is 0 Å². The van der Waals surface area contributed by atoms with Crippen molar-refractivity contribution in [3.05, 3.63) is 35.9 Å². The van der Waals surface area contributed by atoms with Gasteiger partial charge in [-0.1, -0.05) is 44.2 Å². The predicted octanol–water partition coefficient (Wildman–Crippen LogP) is 2.51. The lowest BCUT2D eigenvalue weighted by molar-refractivity contribution is -0.175. The third-order valence-electron chi connectivity index (χ3n) is 4.18. The van der Waals surface area contributed by atoms with Gasteiger partial charge in [0.2, 0.25) is 0 Å². The van der Waals surface area contributed by atoms with Gasteiger partial charge in [-0.3, -0.25) is 9.59 Å². The fourth-order valence-electron chi connectivity index (χ4n) is 3.19. The van der Waals surface area contributed by atoms with Crippen LogP contribution in [0.25, 0.3) is 0 Å². The molecule has 0 amide bonds. The fraction of sp³-hybridized carbons (Fsp3) is 0.529. The largest absolute Gasteiger partial charge is 0.468 e. The van der Waals surface area contributed by atoms with Gasteiger partial charge < -0.3 is 14.2 Å². The highest BCUT2D eigenvalue weighted by Crippen LogP contribution is 2.49. The van der Waals surface area contributed by atoms with Gasteiger partial charge in [0.25, 0.3) is 0 Å². The molecule has 0 radical (unpaired) electrons. The molecule has 0 saturated carbocycles. The van der Waals surface area contributed by atoms with Crippen molar-refractivity contribution in [2.75, 3.05) is 14.2 Å². The molecule has 1 aromatic carbocycles. The monoisotopic (exact) mass is 306 g/mol. The van der Waals surface area contributed by atoms with Crippen LogP contribution in [0.4, 0.5) is 0 Å². The number of hydrogen-bond acceptors (Lipinski definition) is 5. The van der Waals surface area contributed by atoms with Crippen molar-refractivity contribution in [3.8, 4) is 0 Å². The van der Waals surface area contributed by atoms with E-state index in [1.165, 1.54) is 14.2 Å². The van der Waals surface area contributed by atoms with Crippen molar-refractivity contribution in [1.82, 2.24) is 0 Å². The number of carbonyl (C=O) groups is 2. The normalized spacial score (nSPS) is 23.3. The van der Waals surface area contributed by atoms with E-state index in [9.17, 15) is 9.59 Å². The standard InChI is InChI=1S/C17H22O5/c1-11(2)14-17(15(18)20-3,16(19)21-4)10-13(22-14)12-8-6-5-7-9-12/h5-9,11,13-14H,10H2,1-4H3/t13-,14-/m1/s1. The van der Waals surface area contributed by atoms with Crippen molar-refractivity contribution in [2.45, 2.75) is 32.5 Å². The highest BCUT2D eigenvalue weighted by Gasteiger charge is 2.62. The molecule has 0 unspecified atom stereocenters. The molecule has 5 heteroatoms. The molecular weight excluding hydrogens is 284 g/mol. The Morgan fingerprint density at radius 1 is 1.14 bits per heavy atom. The Bertz CT molecular complexity index is 521. The molecule has 1 aliphatic heterocycles. The van der Waals surface area contributed by atoms with Crippen LogP contribution in [0.2, 0.25) is 0 Å². The number of benzene rings is 1. The fourth-order valence-corrected chi connectivity index (χ4v) is 3.19. The average molecular weight is 306 g/mol. The molecule has 0 aliphatic carbocycles. The molecule has 0 aromatic heterocycles. The van der Waals surface area contributed by atoms with Crippen molar-refractivity contribution in [1.29, 1.82) is 0 Å². The lowest BCUT2D eigenvalue weighted by Crippen LogP contribution is -2.49. The van der Waals surface area contributed by atoms with Crippen LogP contribution in [0.1, 0.15) is 31.9 Å². The molecule has 22 heavy (non-hydrogen) atoms. The molecule has 0 bridgehead atoms. The second-order valence-corrected chi connectivity index (χ2v) is 5.86. The molecule has 1 aromatic rings. The highest BCUT2D eigenvalue weighted by molar-refractivity contribution is 6.01. The summed E-state index contributed by atoms with van der Waals surface area (Å²) in [4.78, 5) is 24.9. The first-order valence-electron chi connectivity index (χ1n) is 7.34. The van der Waals surface area contributed by atoms with E-state index >= 15 is 0 Å². The topological polar surface area (TPSA) is 61.8 Å². The van der Waals surface area contributed by atoms with E-state index in [1.807, 2.05) is 44.2 Å². The number of rotatable bonds is 4. The minimum absolute atomic E-state index is 0.0353. The van der Waals surface area contributed by atoms with E-state index in [0.717, 1.165) is 5.56 Å². The predicted molar refractivity (Wildman–Crippen MR) is 80.0 cm³/mol. The Balaban J connectivity index is 2.46. The molecule has 0 N–H and O–H groups in total. The molecular formula is C17H22O5. The van der Waals surface area contributed by atoms with Crippen LogP contribution in [0.5, 0.6) is 0 Å². The van der Waals surface area contributed by atoms with E-state index in [4.69, 9.17) is 14.2 Å². The first-order valence-corrected chi connectivity index (χ1v) is 7.34. The first-order chi connectivity index (χ1) is 10.5. The van der Waals surface area contributed by atoms with E-state index in [2.05, 4.69) is 0 Å². The zero-order valence-electron chi connectivity index (χ0n) is 13.4. The Kier molecular flexibility index (Phi) is 4.86. The Labute approximate surface area is 130 Å². The highest BCUT2D eigenvalue weighted by atomic mass is 16.6. The van der Waals surface area contributed by atoms with Crippen LogP contribution in [0.15, 0.2) is 30.3 Å². The maximum Gasteiger partial charge on any atom is 0.326 e. The number of hydrogen-bond donors (Lipinski definition) is 0. The molecule has 120 valence electrons. The molecule has 1 aliphatic rings. The molecule has 1 heterocycles. The third-order valence-corrected chi connectivity index (χ3v) is 4.18. The summed E-state index contributed by atoms with van der Waals surface area (Å²) in [5, 5.41) is 0. The summed E-state index contributed by atoms with van der Waals surface area (Å²) in [6, 6.07) is 9.56. The second-order valence-electron chi connectivity index (χ2n) is 5.86. The Morgan fingerprint density at radius 2 is 1.68 bits per heavy atom. The van der Waals surface area contributed by atoms with Crippen molar-refractivity contribution < 1.29 is 23.8 Å². The summed E-state index contributed by atoms with van der Waals surface area (Å²) in [6.45, 7) is 3.83. The number of ether oxygens (including phenoxy) is 3. The quantitative estimate of drug-likeness (QED) is 0.632. The van der Waals surface area contributed by atoms with Crippen LogP contribution in [-0.2, 0) is 23.8 Å². The second kappa shape index (κ2) is 6.48. The first kappa shape index (κ1) is 16.5. The summed E-state index contributed by atoms with van der Waals surface area (Å²) in [7, 11) is 2.56. The molecule has 1 fully saturated rings. The van der Waals surface area contributed by atoms with Crippen molar-refractivity contribution in [3.63, 3.8) is 0 Å². The SMILES string of the molecule is COC(=O)C1(C(=O)OC)C[C@H](c2ccccc2)O[C@@H]1C(C)C. The van der Waals surface area contributed by atoms with Crippen LogP contribution >= 0.6 is 0 Å². The average Bonchev–Trinajstić information content (AvgIpc) is 2.96. The minimum Gasteiger partial charge on any atom is -0.468 e. The van der Waals surface area contributed by atoms with E-state index in [1.54, 1.807) is 0 Å². The Hall–Kier alpha value is -1.88. The summed E-state index contributed by atoms with van der Waals surface area (Å²) in [5.74, 6) is -1.24. The van der Waals surface area contributed by atoms with Gasteiger partial charge in [-0.2, -0.15) is 0 Å². The van der Waals surface area contributed by atoms with E-state index in [0.29, 0.717) is 0 Å². The third kappa shape index (κ3) is 2.61. The minimum atomic E-state index is -1.42.